The van der Waals surface area contributed by atoms with Gasteiger partial charge in [-0.05, 0) is 49.6 Å². The van der Waals surface area contributed by atoms with Gasteiger partial charge in [-0.3, -0.25) is 9.10 Å². The maximum atomic E-state index is 12.4. The summed E-state index contributed by atoms with van der Waals surface area (Å²) in [5.41, 5.74) is 3.88. The maximum absolute atomic E-state index is 12.4. The molecule has 0 fully saturated rings. The first kappa shape index (κ1) is 20.8. The summed E-state index contributed by atoms with van der Waals surface area (Å²) >= 11 is 0. The van der Waals surface area contributed by atoms with Gasteiger partial charge in [0, 0.05) is 13.0 Å². The second-order valence-electron chi connectivity index (χ2n) is 6.58. The van der Waals surface area contributed by atoms with E-state index in [2.05, 4.69) is 5.32 Å². The van der Waals surface area contributed by atoms with E-state index in [4.69, 9.17) is 4.74 Å². The lowest BCUT2D eigenvalue weighted by Crippen LogP contribution is -2.34. The fourth-order valence-electron chi connectivity index (χ4n) is 2.98. The third-order valence-electron chi connectivity index (χ3n) is 4.26. The number of ether oxygens (including phenoxy) is 1. The van der Waals surface area contributed by atoms with E-state index >= 15 is 0 Å². The molecular weight excluding hydrogens is 364 g/mol. The van der Waals surface area contributed by atoms with Crippen LogP contribution in [0.3, 0.4) is 0 Å². The molecule has 1 N–H and O–H groups in total. The highest BCUT2D eigenvalue weighted by Crippen LogP contribution is 2.28. The number of methoxy groups -OCH3 is 1. The molecule has 2 aromatic carbocycles. The molecule has 0 radical (unpaired) electrons. The van der Waals surface area contributed by atoms with E-state index in [0.717, 1.165) is 22.9 Å². The molecule has 0 spiro atoms. The lowest BCUT2D eigenvalue weighted by Gasteiger charge is -2.25. The number of hydrogen-bond donors (Lipinski definition) is 1. The Hall–Kier alpha value is -2.54. The fourth-order valence-corrected chi connectivity index (χ4v) is 4.02. The van der Waals surface area contributed by atoms with E-state index in [-0.39, 0.29) is 18.9 Å². The third kappa shape index (κ3) is 5.23. The Labute approximate surface area is 161 Å². The van der Waals surface area contributed by atoms with Crippen molar-refractivity contribution in [3.63, 3.8) is 0 Å². The number of hydrogen-bond acceptors (Lipinski definition) is 4. The van der Waals surface area contributed by atoms with Crippen molar-refractivity contribution in [2.75, 3.05) is 29.5 Å². The molecule has 0 aliphatic carbocycles. The Balaban J connectivity index is 2.19. The number of amides is 1. The van der Waals surface area contributed by atoms with Crippen LogP contribution in [-0.2, 0) is 14.8 Å². The van der Waals surface area contributed by atoms with E-state index in [9.17, 15) is 13.2 Å². The van der Waals surface area contributed by atoms with Crippen LogP contribution in [0, 0.1) is 20.8 Å². The first-order chi connectivity index (χ1) is 12.6. The number of benzene rings is 2. The molecular formula is C20H26N2O4S. The van der Waals surface area contributed by atoms with Gasteiger partial charge in [0.25, 0.3) is 0 Å². The number of aryl methyl sites for hydroxylation is 3. The Morgan fingerprint density at radius 1 is 1.11 bits per heavy atom. The van der Waals surface area contributed by atoms with Crippen molar-refractivity contribution in [2.45, 2.75) is 27.2 Å². The highest BCUT2D eigenvalue weighted by atomic mass is 32.2. The van der Waals surface area contributed by atoms with Crippen molar-refractivity contribution in [1.82, 2.24) is 0 Å². The van der Waals surface area contributed by atoms with Gasteiger partial charge >= 0.3 is 0 Å². The number of carbonyl (C=O) groups is 1. The monoisotopic (exact) mass is 390 g/mol. The number of carbonyl (C=O) groups excluding carboxylic acids is 1. The van der Waals surface area contributed by atoms with E-state index in [1.165, 1.54) is 11.4 Å². The number of sulfonamides is 1. The number of nitrogens with zero attached hydrogens (tertiary/aromatic N) is 1. The topological polar surface area (TPSA) is 75.7 Å². The van der Waals surface area contributed by atoms with Gasteiger partial charge in [0.2, 0.25) is 15.9 Å². The van der Waals surface area contributed by atoms with Gasteiger partial charge < -0.3 is 10.1 Å². The predicted octanol–water partition coefficient (Wildman–Crippen LogP) is 3.42. The van der Waals surface area contributed by atoms with Crippen molar-refractivity contribution in [3.8, 4) is 5.75 Å². The van der Waals surface area contributed by atoms with Gasteiger partial charge in [-0.25, -0.2) is 8.42 Å². The van der Waals surface area contributed by atoms with Crippen LogP contribution in [-0.4, -0.2) is 34.2 Å². The fraction of sp³-hybridized carbons (Fsp3) is 0.350. The average Bonchev–Trinajstić information content (AvgIpc) is 2.56. The second kappa shape index (κ2) is 8.43. The smallest absolute Gasteiger partial charge is 0.232 e. The summed E-state index contributed by atoms with van der Waals surface area (Å²) in [6.45, 7) is 5.70. The van der Waals surface area contributed by atoms with Crippen LogP contribution in [0.5, 0.6) is 5.75 Å². The highest BCUT2D eigenvalue weighted by Gasteiger charge is 2.22. The SMILES string of the molecule is COc1ccc(C)cc1NC(=O)CCN(c1c(C)cccc1C)S(C)(=O)=O. The van der Waals surface area contributed by atoms with Crippen molar-refractivity contribution >= 4 is 27.3 Å². The van der Waals surface area contributed by atoms with E-state index in [1.54, 1.807) is 6.07 Å². The minimum Gasteiger partial charge on any atom is -0.495 e. The summed E-state index contributed by atoms with van der Waals surface area (Å²) in [7, 11) is -1.99. The lowest BCUT2D eigenvalue weighted by molar-refractivity contribution is -0.116. The number of rotatable bonds is 7. The molecule has 1 amide bonds. The average molecular weight is 391 g/mol. The van der Waals surface area contributed by atoms with Gasteiger partial charge in [0.15, 0.2) is 0 Å². The van der Waals surface area contributed by atoms with Gasteiger partial charge in [-0.2, -0.15) is 0 Å². The van der Waals surface area contributed by atoms with Crippen LogP contribution in [0.2, 0.25) is 0 Å². The van der Waals surface area contributed by atoms with E-state index < -0.39 is 10.0 Å². The van der Waals surface area contributed by atoms with Crippen LogP contribution in [0.15, 0.2) is 36.4 Å². The number of nitrogens with one attached hydrogen (secondary N) is 1. The minimum atomic E-state index is -3.52. The molecule has 6 nitrogen and oxygen atoms in total. The summed E-state index contributed by atoms with van der Waals surface area (Å²) in [5.74, 6) is 0.280. The van der Waals surface area contributed by atoms with Crippen LogP contribution >= 0.6 is 0 Å². The van der Waals surface area contributed by atoms with Crippen molar-refractivity contribution in [2.24, 2.45) is 0 Å². The Bertz CT molecular complexity index is 919. The molecule has 7 heteroatoms. The molecule has 0 unspecified atom stereocenters. The largest absolute Gasteiger partial charge is 0.495 e. The van der Waals surface area contributed by atoms with Crippen LogP contribution in [0.1, 0.15) is 23.1 Å². The summed E-state index contributed by atoms with van der Waals surface area (Å²) in [6, 6.07) is 11.1. The van der Waals surface area contributed by atoms with E-state index in [0.29, 0.717) is 17.1 Å². The molecule has 0 saturated carbocycles. The molecule has 0 atom stereocenters. The lowest BCUT2D eigenvalue weighted by atomic mass is 10.1. The number of anilines is 2. The molecule has 2 aromatic rings. The summed E-state index contributed by atoms with van der Waals surface area (Å²) in [6.07, 6.45) is 1.18. The zero-order valence-electron chi connectivity index (χ0n) is 16.4. The maximum Gasteiger partial charge on any atom is 0.232 e. The Morgan fingerprint density at radius 3 is 2.30 bits per heavy atom. The third-order valence-corrected chi connectivity index (χ3v) is 5.43. The van der Waals surface area contributed by atoms with Gasteiger partial charge in [-0.1, -0.05) is 24.3 Å². The van der Waals surface area contributed by atoms with Crippen LogP contribution < -0.4 is 14.4 Å². The highest BCUT2D eigenvalue weighted by molar-refractivity contribution is 7.92. The minimum absolute atomic E-state index is 0.0257. The van der Waals surface area contributed by atoms with Crippen LogP contribution in [0.25, 0.3) is 0 Å². The Morgan fingerprint density at radius 2 is 1.74 bits per heavy atom. The zero-order chi connectivity index (χ0) is 20.2. The zero-order valence-corrected chi connectivity index (χ0v) is 17.2. The summed E-state index contributed by atoms with van der Waals surface area (Å²) < 4.78 is 31.2. The molecule has 0 aromatic heterocycles. The quantitative estimate of drug-likeness (QED) is 0.786. The molecule has 0 bridgehead atoms. The predicted molar refractivity (Wildman–Crippen MR) is 109 cm³/mol. The molecule has 0 aliphatic heterocycles. The molecule has 0 saturated heterocycles. The molecule has 0 heterocycles. The molecule has 0 aliphatic rings. The molecule has 2 rings (SSSR count). The number of para-hydroxylation sites is 1. The van der Waals surface area contributed by atoms with Crippen molar-refractivity contribution in [3.05, 3.63) is 53.1 Å². The molecule has 146 valence electrons. The van der Waals surface area contributed by atoms with Crippen molar-refractivity contribution < 1.29 is 17.9 Å². The molecule has 27 heavy (non-hydrogen) atoms. The first-order valence-electron chi connectivity index (χ1n) is 8.62. The van der Waals surface area contributed by atoms with Gasteiger partial charge in [0.05, 0.1) is 24.7 Å². The van der Waals surface area contributed by atoms with Gasteiger partial charge in [-0.15, -0.1) is 0 Å². The van der Waals surface area contributed by atoms with Crippen molar-refractivity contribution in [1.29, 1.82) is 0 Å². The van der Waals surface area contributed by atoms with Gasteiger partial charge in [0.1, 0.15) is 5.75 Å². The van der Waals surface area contributed by atoms with Crippen LogP contribution in [0.4, 0.5) is 11.4 Å². The summed E-state index contributed by atoms with van der Waals surface area (Å²) in [5, 5.41) is 2.80. The Kier molecular flexibility index (Phi) is 6.49. The first-order valence-corrected chi connectivity index (χ1v) is 10.5. The standard InChI is InChI=1S/C20H26N2O4S/c1-14-9-10-18(26-4)17(13-14)21-19(23)11-12-22(27(5,24)25)20-15(2)7-6-8-16(20)3/h6-10,13H,11-12H2,1-5H3,(H,21,23). The van der Waals surface area contributed by atoms with E-state index in [1.807, 2.05) is 51.1 Å². The summed E-state index contributed by atoms with van der Waals surface area (Å²) in [4.78, 5) is 12.4. The second-order valence-corrected chi connectivity index (χ2v) is 8.48. The normalized spacial score (nSPS) is 11.1.